The molecule has 0 aliphatic carbocycles. The molecular formula is C19H19ClN2O3. The number of methoxy groups -OCH3 is 1. The fraction of sp³-hybridized carbons (Fsp3) is 0.263. The third-order valence-electron chi connectivity index (χ3n) is 4.15. The molecule has 0 bridgehead atoms. The highest BCUT2D eigenvalue weighted by molar-refractivity contribution is 6.32. The van der Waals surface area contributed by atoms with Gasteiger partial charge in [0.25, 0.3) is 0 Å². The van der Waals surface area contributed by atoms with Crippen LogP contribution in [0.15, 0.2) is 48.5 Å². The third kappa shape index (κ3) is 4.12. The monoisotopic (exact) mass is 358 g/mol. The smallest absolute Gasteiger partial charge is 0.246 e. The molecule has 1 heterocycles. The predicted molar refractivity (Wildman–Crippen MR) is 95.5 cm³/mol. The SMILES string of the molecule is COc1cc(C[C@H]2NC(=O)CN(Cc3ccccc3)C2=O)ccc1Cl. The molecule has 1 N–H and O–H groups in total. The second-order valence-electron chi connectivity index (χ2n) is 5.97. The highest BCUT2D eigenvalue weighted by atomic mass is 35.5. The minimum Gasteiger partial charge on any atom is -0.495 e. The van der Waals surface area contributed by atoms with Crippen LogP contribution in [-0.4, -0.2) is 36.4 Å². The lowest BCUT2D eigenvalue weighted by Gasteiger charge is -2.32. The maximum Gasteiger partial charge on any atom is 0.246 e. The molecule has 6 heteroatoms. The first-order chi connectivity index (χ1) is 12.1. The lowest BCUT2D eigenvalue weighted by atomic mass is 10.0. The van der Waals surface area contributed by atoms with Crippen LogP contribution in [0.4, 0.5) is 0 Å². The molecule has 0 spiro atoms. The number of rotatable bonds is 5. The molecule has 2 aromatic carbocycles. The quantitative estimate of drug-likeness (QED) is 0.893. The van der Waals surface area contributed by atoms with Crippen molar-refractivity contribution in [1.29, 1.82) is 0 Å². The summed E-state index contributed by atoms with van der Waals surface area (Å²) in [4.78, 5) is 26.4. The molecule has 130 valence electrons. The molecule has 1 aliphatic heterocycles. The summed E-state index contributed by atoms with van der Waals surface area (Å²) in [7, 11) is 1.54. The van der Waals surface area contributed by atoms with Gasteiger partial charge in [-0.25, -0.2) is 0 Å². The first-order valence-corrected chi connectivity index (χ1v) is 8.39. The fourth-order valence-corrected chi connectivity index (χ4v) is 3.11. The Hall–Kier alpha value is -2.53. The van der Waals surface area contributed by atoms with Gasteiger partial charge in [0, 0.05) is 13.0 Å². The van der Waals surface area contributed by atoms with E-state index in [1.54, 1.807) is 24.1 Å². The Morgan fingerprint density at radius 3 is 2.64 bits per heavy atom. The molecule has 0 radical (unpaired) electrons. The van der Waals surface area contributed by atoms with Crippen molar-refractivity contribution in [3.63, 3.8) is 0 Å². The Morgan fingerprint density at radius 2 is 1.92 bits per heavy atom. The number of carbonyl (C=O) groups is 2. The zero-order valence-corrected chi connectivity index (χ0v) is 14.6. The molecule has 0 aromatic heterocycles. The van der Waals surface area contributed by atoms with Crippen molar-refractivity contribution in [2.75, 3.05) is 13.7 Å². The number of nitrogens with zero attached hydrogens (tertiary/aromatic N) is 1. The van der Waals surface area contributed by atoms with E-state index in [0.717, 1.165) is 11.1 Å². The van der Waals surface area contributed by atoms with Gasteiger partial charge < -0.3 is 15.0 Å². The number of nitrogens with one attached hydrogen (secondary N) is 1. The standard InChI is InChI=1S/C19H19ClN2O3/c1-25-17-10-14(7-8-15(17)20)9-16-19(24)22(12-18(23)21-16)11-13-5-3-2-4-6-13/h2-8,10,16H,9,11-12H2,1H3,(H,21,23)/t16-/m1/s1. The molecule has 2 aromatic rings. The van der Waals surface area contributed by atoms with Crippen molar-refractivity contribution < 1.29 is 14.3 Å². The van der Waals surface area contributed by atoms with E-state index in [0.29, 0.717) is 23.7 Å². The van der Waals surface area contributed by atoms with Gasteiger partial charge in [-0.3, -0.25) is 9.59 Å². The minimum atomic E-state index is -0.587. The van der Waals surface area contributed by atoms with Crippen LogP contribution >= 0.6 is 11.6 Å². The van der Waals surface area contributed by atoms with E-state index in [1.807, 2.05) is 36.4 Å². The van der Waals surface area contributed by atoms with E-state index in [9.17, 15) is 9.59 Å². The first kappa shape index (κ1) is 17.3. The molecule has 3 rings (SSSR count). The van der Waals surface area contributed by atoms with Gasteiger partial charge in [-0.2, -0.15) is 0 Å². The Morgan fingerprint density at radius 1 is 1.16 bits per heavy atom. The van der Waals surface area contributed by atoms with E-state index in [1.165, 1.54) is 0 Å². The average molecular weight is 359 g/mol. The predicted octanol–water partition coefficient (Wildman–Crippen LogP) is 2.42. The number of hydrogen-bond acceptors (Lipinski definition) is 3. The summed E-state index contributed by atoms with van der Waals surface area (Å²) < 4.78 is 5.21. The zero-order valence-electron chi connectivity index (χ0n) is 13.9. The highest BCUT2D eigenvalue weighted by Gasteiger charge is 2.32. The van der Waals surface area contributed by atoms with Crippen LogP contribution in [0.5, 0.6) is 5.75 Å². The molecule has 0 unspecified atom stereocenters. The number of carbonyl (C=O) groups excluding carboxylic acids is 2. The van der Waals surface area contributed by atoms with Crippen LogP contribution < -0.4 is 10.1 Å². The van der Waals surface area contributed by atoms with Crippen LogP contribution in [-0.2, 0) is 22.6 Å². The Kier molecular flexibility index (Phi) is 5.24. The summed E-state index contributed by atoms with van der Waals surface area (Å²) in [6, 6.07) is 14.4. The summed E-state index contributed by atoms with van der Waals surface area (Å²) in [6.07, 6.45) is 0.392. The topological polar surface area (TPSA) is 58.6 Å². The largest absolute Gasteiger partial charge is 0.495 e. The molecule has 25 heavy (non-hydrogen) atoms. The van der Waals surface area contributed by atoms with E-state index < -0.39 is 6.04 Å². The maximum absolute atomic E-state index is 12.8. The number of ether oxygens (including phenoxy) is 1. The highest BCUT2D eigenvalue weighted by Crippen LogP contribution is 2.26. The van der Waals surface area contributed by atoms with Crippen LogP contribution in [0.3, 0.4) is 0 Å². The molecule has 1 aliphatic rings. The Labute approximate surface area is 151 Å². The zero-order chi connectivity index (χ0) is 17.8. The summed E-state index contributed by atoms with van der Waals surface area (Å²) in [5.74, 6) is 0.314. The molecule has 1 atom stereocenters. The van der Waals surface area contributed by atoms with E-state index >= 15 is 0 Å². The van der Waals surface area contributed by atoms with Gasteiger partial charge in [0.05, 0.1) is 18.7 Å². The first-order valence-electron chi connectivity index (χ1n) is 8.01. The summed E-state index contributed by atoms with van der Waals surface area (Å²) >= 11 is 6.03. The number of hydrogen-bond donors (Lipinski definition) is 1. The lowest BCUT2D eigenvalue weighted by molar-refractivity contribution is -0.144. The second-order valence-corrected chi connectivity index (χ2v) is 6.38. The molecule has 0 saturated carbocycles. The Balaban J connectivity index is 1.74. The molecular weight excluding hydrogens is 340 g/mol. The summed E-state index contributed by atoms with van der Waals surface area (Å²) in [5, 5.41) is 3.29. The summed E-state index contributed by atoms with van der Waals surface area (Å²) in [6.45, 7) is 0.502. The van der Waals surface area contributed by atoms with Crippen molar-refractivity contribution in [2.45, 2.75) is 19.0 Å². The van der Waals surface area contributed by atoms with Gasteiger partial charge in [-0.15, -0.1) is 0 Å². The molecule has 5 nitrogen and oxygen atoms in total. The van der Waals surface area contributed by atoms with Crippen molar-refractivity contribution in [3.8, 4) is 5.75 Å². The normalized spacial score (nSPS) is 17.4. The van der Waals surface area contributed by atoms with Crippen molar-refractivity contribution in [1.82, 2.24) is 10.2 Å². The van der Waals surface area contributed by atoms with Crippen molar-refractivity contribution >= 4 is 23.4 Å². The number of piperazine rings is 1. The van der Waals surface area contributed by atoms with Gasteiger partial charge in [-0.1, -0.05) is 48.0 Å². The van der Waals surface area contributed by atoms with E-state index in [4.69, 9.17) is 16.3 Å². The van der Waals surface area contributed by atoms with Crippen molar-refractivity contribution in [2.24, 2.45) is 0 Å². The Bertz CT molecular complexity index is 779. The van der Waals surface area contributed by atoms with Crippen molar-refractivity contribution in [3.05, 3.63) is 64.7 Å². The summed E-state index contributed by atoms with van der Waals surface area (Å²) in [5.41, 5.74) is 1.87. The number of halogens is 1. The van der Waals surface area contributed by atoms with Crippen LogP contribution in [0.1, 0.15) is 11.1 Å². The minimum absolute atomic E-state index is 0.0775. The lowest BCUT2D eigenvalue weighted by Crippen LogP contribution is -2.58. The van der Waals surface area contributed by atoms with E-state index in [-0.39, 0.29) is 18.4 Å². The van der Waals surface area contributed by atoms with Gasteiger partial charge in [0.15, 0.2) is 0 Å². The third-order valence-corrected chi connectivity index (χ3v) is 4.46. The average Bonchev–Trinajstić information content (AvgIpc) is 2.61. The number of benzene rings is 2. The number of amides is 2. The second kappa shape index (κ2) is 7.57. The molecule has 1 fully saturated rings. The van der Waals surface area contributed by atoms with Crippen LogP contribution in [0, 0.1) is 0 Å². The van der Waals surface area contributed by atoms with Crippen LogP contribution in [0.2, 0.25) is 5.02 Å². The van der Waals surface area contributed by atoms with Gasteiger partial charge in [0.1, 0.15) is 11.8 Å². The van der Waals surface area contributed by atoms with E-state index in [2.05, 4.69) is 5.32 Å². The van der Waals surface area contributed by atoms with Gasteiger partial charge in [-0.05, 0) is 23.3 Å². The molecule has 1 saturated heterocycles. The van der Waals surface area contributed by atoms with Gasteiger partial charge >= 0.3 is 0 Å². The van der Waals surface area contributed by atoms with Gasteiger partial charge in [0.2, 0.25) is 11.8 Å². The fourth-order valence-electron chi connectivity index (χ4n) is 2.92. The van der Waals surface area contributed by atoms with Crippen LogP contribution in [0.25, 0.3) is 0 Å². The maximum atomic E-state index is 12.8. The molecule has 2 amide bonds.